The molecule has 0 amide bonds. The smallest absolute Gasteiger partial charge is 0.294 e. The van der Waals surface area contributed by atoms with E-state index in [-0.39, 0.29) is 17.5 Å². The second kappa shape index (κ2) is 5.37. The van der Waals surface area contributed by atoms with Crippen molar-refractivity contribution < 1.29 is 18.0 Å². The molecule has 5 nitrogen and oxygen atoms in total. The Labute approximate surface area is 140 Å². The van der Waals surface area contributed by atoms with Gasteiger partial charge in [-0.05, 0) is 24.8 Å². The van der Waals surface area contributed by atoms with Gasteiger partial charge in [-0.15, -0.1) is 5.10 Å². The number of carbonyl (C=O) groups is 1. The molecule has 0 saturated heterocycles. The van der Waals surface area contributed by atoms with Crippen LogP contribution in [-0.2, 0) is 12.6 Å². The minimum atomic E-state index is -4.66. The topological polar surface area (TPSA) is 60.2 Å². The van der Waals surface area contributed by atoms with E-state index in [0.29, 0.717) is 24.1 Å². The van der Waals surface area contributed by atoms with Gasteiger partial charge in [0.25, 0.3) is 11.6 Å². The highest BCUT2D eigenvalue weighted by Gasteiger charge is 2.38. The first-order chi connectivity index (χ1) is 11.8. The van der Waals surface area contributed by atoms with Crippen LogP contribution in [0.2, 0.25) is 0 Å². The highest BCUT2D eigenvalue weighted by molar-refractivity contribution is 5.98. The Morgan fingerprint density at radius 3 is 2.76 bits per heavy atom. The molecule has 1 aromatic carbocycles. The van der Waals surface area contributed by atoms with Crippen LogP contribution in [0.5, 0.6) is 0 Å². The molecule has 2 heterocycles. The molecule has 1 unspecified atom stereocenters. The molecule has 0 aliphatic heterocycles. The number of hydrogen-bond acceptors (Lipinski definition) is 4. The van der Waals surface area contributed by atoms with Crippen LogP contribution in [0.25, 0.3) is 5.78 Å². The Hall–Kier alpha value is -2.77. The molecule has 128 valence electrons. The summed E-state index contributed by atoms with van der Waals surface area (Å²) in [7, 11) is 0. The van der Waals surface area contributed by atoms with Crippen LogP contribution < -0.4 is 0 Å². The Kier molecular flexibility index (Phi) is 3.38. The fraction of sp³-hybridized carbons (Fsp3) is 0.294. The first-order valence-corrected chi connectivity index (χ1v) is 7.74. The first kappa shape index (κ1) is 15.7. The van der Waals surface area contributed by atoms with Gasteiger partial charge < -0.3 is 0 Å². The molecule has 0 radical (unpaired) electrons. The van der Waals surface area contributed by atoms with E-state index in [2.05, 4.69) is 15.1 Å². The minimum absolute atomic E-state index is 0.107. The van der Waals surface area contributed by atoms with Crippen molar-refractivity contribution in [3.8, 4) is 0 Å². The van der Waals surface area contributed by atoms with Gasteiger partial charge in [-0.1, -0.05) is 29.8 Å². The maximum Gasteiger partial charge on any atom is 0.453 e. The summed E-state index contributed by atoms with van der Waals surface area (Å²) in [5, 5.41) is 3.54. The van der Waals surface area contributed by atoms with E-state index in [1.165, 1.54) is 6.20 Å². The number of halogens is 3. The van der Waals surface area contributed by atoms with Crippen LogP contribution in [0.15, 0.2) is 30.5 Å². The highest BCUT2D eigenvalue weighted by Crippen LogP contribution is 2.33. The Morgan fingerprint density at radius 1 is 1.24 bits per heavy atom. The molecule has 0 bridgehead atoms. The van der Waals surface area contributed by atoms with Crippen LogP contribution >= 0.6 is 0 Å². The minimum Gasteiger partial charge on any atom is -0.294 e. The van der Waals surface area contributed by atoms with E-state index in [9.17, 15) is 18.0 Å². The average molecular weight is 346 g/mol. The summed E-state index contributed by atoms with van der Waals surface area (Å²) in [6.45, 7) is 1.96. The number of nitrogens with zero attached hydrogens (tertiary/aromatic N) is 4. The average Bonchev–Trinajstić information content (AvgIpc) is 2.99. The van der Waals surface area contributed by atoms with Crippen molar-refractivity contribution in [2.45, 2.75) is 31.9 Å². The van der Waals surface area contributed by atoms with Gasteiger partial charge in [0.2, 0.25) is 0 Å². The van der Waals surface area contributed by atoms with Gasteiger partial charge >= 0.3 is 6.18 Å². The zero-order valence-corrected chi connectivity index (χ0v) is 13.2. The third-order valence-electron chi connectivity index (χ3n) is 4.40. The molecule has 0 saturated carbocycles. The van der Waals surface area contributed by atoms with Crippen molar-refractivity contribution in [1.29, 1.82) is 0 Å². The molecule has 0 fully saturated rings. The van der Waals surface area contributed by atoms with Gasteiger partial charge in [0.15, 0.2) is 5.78 Å². The largest absolute Gasteiger partial charge is 0.453 e. The highest BCUT2D eigenvalue weighted by atomic mass is 19.4. The van der Waals surface area contributed by atoms with E-state index in [1.54, 1.807) is 0 Å². The predicted octanol–water partition coefficient (Wildman–Crippen LogP) is 3.36. The molecule has 0 N–H and O–H groups in total. The molecule has 1 atom stereocenters. The second-order valence-electron chi connectivity index (χ2n) is 6.21. The second-order valence-corrected chi connectivity index (χ2v) is 6.21. The lowest BCUT2D eigenvalue weighted by molar-refractivity contribution is -0.144. The summed E-state index contributed by atoms with van der Waals surface area (Å²) in [5.41, 5.74) is 2.79. The van der Waals surface area contributed by atoms with Gasteiger partial charge in [0.1, 0.15) is 0 Å². The zero-order valence-electron chi connectivity index (χ0n) is 13.2. The van der Waals surface area contributed by atoms with Crippen LogP contribution in [0.4, 0.5) is 13.2 Å². The van der Waals surface area contributed by atoms with Crippen molar-refractivity contribution in [1.82, 2.24) is 19.6 Å². The summed E-state index contributed by atoms with van der Waals surface area (Å²) in [5.74, 6) is -1.66. The number of ketones is 1. The Morgan fingerprint density at radius 2 is 2.04 bits per heavy atom. The van der Waals surface area contributed by atoms with Crippen LogP contribution in [0, 0.1) is 6.92 Å². The number of aromatic nitrogens is 4. The van der Waals surface area contributed by atoms with E-state index in [1.807, 2.05) is 31.2 Å². The maximum absolute atomic E-state index is 12.9. The number of rotatable bonds is 1. The van der Waals surface area contributed by atoms with E-state index < -0.39 is 12.0 Å². The van der Waals surface area contributed by atoms with E-state index in [0.717, 1.165) is 15.6 Å². The lowest BCUT2D eigenvalue weighted by Crippen LogP contribution is -2.22. The number of aryl methyl sites for hydroxylation is 1. The monoisotopic (exact) mass is 346 g/mol. The van der Waals surface area contributed by atoms with Crippen LogP contribution in [0.1, 0.15) is 45.3 Å². The van der Waals surface area contributed by atoms with Gasteiger partial charge in [0.05, 0.1) is 11.3 Å². The summed E-state index contributed by atoms with van der Waals surface area (Å²) < 4.78 is 39.7. The first-order valence-electron chi connectivity index (χ1n) is 7.74. The number of alkyl halides is 3. The number of hydrogen-bond donors (Lipinski definition) is 0. The molecule has 2 aromatic heterocycles. The standard InChI is InChI=1S/C17H13F3N4O/c1-9-3-2-4-10(5-9)11-6-13-12(14(25)7-11)8-21-16-22-15(17(18,19)20)23-24(13)16/h2-5,8,11H,6-7H2,1H3. The van der Waals surface area contributed by atoms with Crippen molar-refractivity contribution in [2.24, 2.45) is 0 Å². The summed E-state index contributed by atoms with van der Waals surface area (Å²) in [6, 6.07) is 7.78. The van der Waals surface area contributed by atoms with Crippen molar-refractivity contribution in [2.75, 3.05) is 0 Å². The summed E-state index contributed by atoms with van der Waals surface area (Å²) in [4.78, 5) is 19.8. The zero-order chi connectivity index (χ0) is 17.8. The number of carbonyl (C=O) groups excluding carboxylic acids is 1. The molecule has 3 aromatic rings. The molecule has 1 aliphatic rings. The molecule has 0 spiro atoms. The van der Waals surface area contributed by atoms with Crippen LogP contribution in [-0.4, -0.2) is 25.4 Å². The quantitative estimate of drug-likeness (QED) is 0.678. The fourth-order valence-electron chi connectivity index (χ4n) is 3.23. The maximum atomic E-state index is 12.9. The molecule has 8 heteroatoms. The van der Waals surface area contributed by atoms with Gasteiger partial charge in [-0.3, -0.25) is 4.79 Å². The van der Waals surface area contributed by atoms with Gasteiger partial charge in [-0.2, -0.15) is 18.2 Å². The third kappa shape index (κ3) is 2.67. The number of Topliss-reactive ketones (excluding diaryl/α,β-unsaturated/α-hetero) is 1. The lowest BCUT2D eigenvalue weighted by Gasteiger charge is -2.24. The molecule has 25 heavy (non-hydrogen) atoms. The van der Waals surface area contributed by atoms with E-state index >= 15 is 0 Å². The Balaban J connectivity index is 1.83. The summed E-state index contributed by atoms with van der Waals surface area (Å²) in [6.07, 6.45) is -2.65. The van der Waals surface area contributed by atoms with Gasteiger partial charge in [0, 0.05) is 12.6 Å². The van der Waals surface area contributed by atoms with Crippen molar-refractivity contribution in [3.05, 3.63) is 58.7 Å². The van der Waals surface area contributed by atoms with Crippen LogP contribution in [0.3, 0.4) is 0 Å². The fourth-order valence-corrected chi connectivity index (χ4v) is 3.23. The number of benzene rings is 1. The molecule has 4 rings (SSSR count). The molecule has 1 aliphatic carbocycles. The molecular formula is C17H13F3N4O. The number of fused-ring (bicyclic) bond motifs is 3. The van der Waals surface area contributed by atoms with Crippen molar-refractivity contribution in [3.63, 3.8) is 0 Å². The molecular weight excluding hydrogens is 333 g/mol. The SMILES string of the molecule is Cc1cccc(C2CC(=O)c3cnc4nc(C(F)(F)F)nn4c3C2)c1. The third-order valence-corrected chi connectivity index (χ3v) is 4.40. The summed E-state index contributed by atoms with van der Waals surface area (Å²) >= 11 is 0. The van der Waals surface area contributed by atoms with Gasteiger partial charge in [-0.25, -0.2) is 9.50 Å². The van der Waals surface area contributed by atoms with Crippen molar-refractivity contribution >= 4 is 11.6 Å². The lowest BCUT2D eigenvalue weighted by atomic mass is 9.82. The Bertz CT molecular complexity index is 993. The predicted molar refractivity (Wildman–Crippen MR) is 82.4 cm³/mol. The normalized spacial score (nSPS) is 17.8. The van der Waals surface area contributed by atoms with E-state index in [4.69, 9.17) is 0 Å².